The lowest BCUT2D eigenvalue weighted by Crippen LogP contribution is -2.35. The van der Waals surface area contributed by atoms with Crippen molar-refractivity contribution >= 4 is 11.8 Å². The standard InChI is InChI=1S/C7H6N2O2.C4H9NO2.H3N.H2O/c1-2-6-5-7(9(10)11)3-4-8-6;5-4-3-6-1-2-7-4;;/h2-5H,1H2;4H,1-3,5H2;1H3;1H2. The maximum atomic E-state index is 10.2. The van der Waals surface area contributed by atoms with Gasteiger partial charge in [-0.25, -0.2) is 0 Å². The van der Waals surface area contributed by atoms with Crippen molar-refractivity contribution in [2.24, 2.45) is 5.73 Å². The van der Waals surface area contributed by atoms with E-state index in [0.29, 0.717) is 25.5 Å². The van der Waals surface area contributed by atoms with Crippen LogP contribution in [0.25, 0.3) is 6.08 Å². The molecule has 0 spiro atoms. The van der Waals surface area contributed by atoms with E-state index < -0.39 is 4.92 Å². The van der Waals surface area contributed by atoms with E-state index in [0.717, 1.165) is 0 Å². The number of hydrogen-bond acceptors (Lipinski definition) is 7. The van der Waals surface area contributed by atoms with Gasteiger partial charge >= 0.3 is 0 Å². The lowest BCUT2D eigenvalue weighted by molar-refractivity contribution is -0.384. The van der Waals surface area contributed by atoms with Gasteiger partial charge in [-0.3, -0.25) is 15.1 Å². The van der Waals surface area contributed by atoms with Crippen LogP contribution in [0, 0.1) is 10.1 Å². The topological polar surface area (TPSA) is 167 Å². The molecule has 0 radical (unpaired) electrons. The third-order valence-corrected chi connectivity index (χ3v) is 2.03. The molecular formula is C11H20N4O5. The first kappa shape index (κ1) is 20.4. The fourth-order valence-electron chi connectivity index (χ4n) is 1.17. The molecule has 1 aliphatic heterocycles. The number of nitrogens with zero attached hydrogens (tertiary/aromatic N) is 2. The Morgan fingerprint density at radius 2 is 2.25 bits per heavy atom. The van der Waals surface area contributed by atoms with Crippen LogP contribution in [0.4, 0.5) is 5.69 Å². The molecule has 1 saturated heterocycles. The second-order valence-corrected chi connectivity index (χ2v) is 3.38. The van der Waals surface area contributed by atoms with Gasteiger partial charge in [-0.15, -0.1) is 0 Å². The number of nitrogens with two attached hydrogens (primary N) is 1. The molecule has 2 rings (SSSR count). The fourth-order valence-corrected chi connectivity index (χ4v) is 1.17. The summed E-state index contributed by atoms with van der Waals surface area (Å²) >= 11 is 0. The van der Waals surface area contributed by atoms with Gasteiger partial charge in [0.05, 0.1) is 30.4 Å². The van der Waals surface area contributed by atoms with Crippen LogP contribution in [0.15, 0.2) is 24.9 Å². The second kappa shape index (κ2) is 11.0. The predicted octanol–water partition coefficient (Wildman–Crippen LogP) is 0.288. The van der Waals surface area contributed by atoms with E-state index in [1.165, 1.54) is 24.4 Å². The Hall–Kier alpha value is -1.91. The van der Waals surface area contributed by atoms with E-state index in [2.05, 4.69) is 11.6 Å². The van der Waals surface area contributed by atoms with Crippen LogP contribution in [0.5, 0.6) is 0 Å². The van der Waals surface area contributed by atoms with E-state index in [1.807, 2.05) is 0 Å². The molecular weight excluding hydrogens is 268 g/mol. The van der Waals surface area contributed by atoms with Crippen molar-refractivity contribution in [3.63, 3.8) is 0 Å². The van der Waals surface area contributed by atoms with Gasteiger partial charge in [-0.05, 0) is 6.08 Å². The third-order valence-electron chi connectivity index (χ3n) is 2.03. The third kappa shape index (κ3) is 7.51. The summed E-state index contributed by atoms with van der Waals surface area (Å²) < 4.78 is 9.86. The van der Waals surface area contributed by atoms with Gasteiger partial charge < -0.3 is 26.8 Å². The van der Waals surface area contributed by atoms with Crippen LogP contribution in [0.2, 0.25) is 0 Å². The Morgan fingerprint density at radius 1 is 1.55 bits per heavy atom. The average molecular weight is 288 g/mol. The van der Waals surface area contributed by atoms with E-state index in [4.69, 9.17) is 15.2 Å². The van der Waals surface area contributed by atoms with Crippen molar-refractivity contribution in [1.82, 2.24) is 11.1 Å². The monoisotopic (exact) mass is 288 g/mol. The largest absolute Gasteiger partial charge is 0.412 e. The maximum absolute atomic E-state index is 10.2. The highest BCUT2D eigenvalue weighted by molar-refractivity contribution is 5.46. The van der Waals surface area contributed by atoms with Gasteiger partial charge in [0, 0.05) is 18.3 Å². The minimum absolute atomic E-state index is 0. The summed E-state index contributed by atoms with van der Waals surface area (Å²) in [6.07, 6.45) is 2.66. The molecule has 1 aliphatic rings. The zero-order valence-electron chi connectivity index (χ0n) is 11.0. The number of ether oxygens (including phenoxy) is 2. The van der Waals surface area contributed by atoms with Gasteiger partial charge in [0.15, 0.2) is 0 Å². The summed E-state index contributed by atoms with van der Waals surface area (Å²) in [5.41, 5.74) is 5.84. The zero-order chi connectivity index (χ0) is 13.4. The molecule has 1 aromatic heterocycles. The fraction of sp³-hybridized carbons (Fsp3) is 0.364. The van der Waals surface area contributed by atoms with Crippen LogP contribution in [0.1, 0.15) is 5.69 Å². The number of aromatic nitrogens is 1. The molecule has 1 unspecified atom stereocenters. The summed E-state index contributed by atoms with van der Waals surface area (Å²) in [6.45, 7) is 5.32. The molecule has 9 heteroatoms. The zero-order valence-corrected chi connectivity index (χ0v) is 11.0. The maximum Gasteiger partial charge on any atom is 0.273 e. The second-order valence-electron chi connectivity index (χ2n) is 3.38. The smallest absolute Gasteiger partial charge is 0.273 e. The van der Waals surface area contributed by atoms with Crippen LogP contribution in [0.3, 0.4) is 0 Å². The van der Waals surface area contributed by atoms with Crippen LogP contribution < -0.4 is 11.9 Å². The van der Waals surface area contributed by atoms with Gasteiger partial charge in [0.1, 0.15) is 6.23 Å². The average Bonchev–Trinajstić information content (AvgIpc) is 2.40. The first-order valence-electron chi connectivity index (χ1n) is 5.31. The first-order valence-corrected chi connectivity index (χ1v) is 5.31. The van der Waals surface area contributed by atoms with Crippen LogP contribution in [-0.4, -0.2) is 41.4 Å². The van der Waals surface area contributed by atoms with Crippen LogP contribution in [-0.2, 0) is 9.47 Å². The molecule has 7 N–H and O–H groups in total. The molecule has 0 amide bonds. The summed E-state index contributed by atoms with van der Waals surface area (Å²) in [5, 5.41) is 10.2. The minimum atomic E-state index is -0.464. The van der Waals surface area contributed by atoms with E-state index >= 15 is 0 Å². The quantitative estimate of drug-likeness (QED) is 0.582. The minimum Gasteiger partial charge on any atom is -0.412 e. The molecule has 1 fully saturated rings. The molecule has 9 nitrogen and oxygen atoms in total. The Morgan fingerprint density at radius 3 is 2.65 bits per heavy atom. The van der Waals surface area contributed by atoms with E-state index in [-0.39, 0.29) is 23.5 Å². The molecule has 0 bridgehead atoms. The molecule has 0 aromatic carbocycles. The molecule has 1 aromatic rings. The van der Waals surface area contributed by atoms with Crippen molar-refractivity contribution in [1.29, 1.82) is 0 Å². The number of pyridine rings is 1. The van der Waals surface area contributed by atoms with Crippen molar-refractivity contribution in [2.45, 2.75) is 6.23 Å². The van der Waals surface area contributed by atoms with Crippen molar-refractivity contribution in [3.05, 3.63) is 40.7 Å². The SMILES string of the molecule is C=Cc1cc([N+](=O)[O-])ccn1.N.NC1COCCO1.O. The summed E-state index contributed by atoms with van der Waals surface area (Å²) in [5.74, 6) is 0. The van der Waals surface area contributed by atoms with Crippen molar-refractivity contribution in [3.8, 4) is 0 Å². The number of rotatable bonds is 2. The normalized spacial score (nSPS) is 16.6. The Bertz CT molecular complexity index is 410. The first-order chi connectivity index (χ1) is 8.63. The molecule has 114 valence electrons. The molecule has 1 atom stereocenters. The molecule has 0 saturated carbocycles. The summed E-state index contributed by atoms with van der Waals surface area (Å²) in [4.78, 5) is 13.6. The number of hydrogen-bond donors (Lipinski definition) is 2. The Kier molecular flexibility index (Phi) is 11.2. The van der Waals surface area contributed by atoms with Gasteiger partial charge in [0.25, 0.3) is 5.69 Å². The van der Waals surface area contributed by atoms with Crippen molar-refractivity contribution in [2.75, 3.05) is 19.8 Å². The molecule has 2 heterocycles. The van der Waals surface area contributed by atoms with Gasteiger partial charge in [0.2, 0.25) is 0 Å². The van der Waals surface area contributed by atoms with Crippen LogP contribution >= 0.6 is 0 Å². The number of nitro groups is 1. The Labute approximate surface area is 116 Å². The van der Waals surface area contributed by atoms with E-state index in [1.54, 1.807) is 0 Å². The highest BCUT2D eigenvalue weighted by Crippen LogP contribution is 2.10. The summed E-state index contributed by atoms with van der Waals surface area (Å²) in [7, 11) is 0. The lowest BCUT2D eigenvalue weighted by atomic mass is 10.3. The Balaban J connectivity index is 0. The predicted molar refractivity (Wildman–Crippen MR) is 74.4 cm³/mol. The molecule has 0 aliphatic carbocycles. The van der Waals surface area contributed by atoms with Crippen molar-refractivity contribution < 1.29 is 19.9 Å². The highest BCUT2D eigenvalue weighted by Gasteiger charge is 2.06. The summed E-state index contributed by atoms with van der Waals surface area (Å²) in [6, 6.07) is 2.71. The highest BCUT2D eigenvalue weighted by atomic mass is 16.6. The molecule has 20 heavy (non-hydrogen) atoms. The lowest BCUT2D eigenvalue weighted by Gasteiger charge is -2.18. The van der Waals surface area contributed by atoms with E-state index in [9.17, 15) is 10.1 Å². The van der Waals surface area contributed by atoms with Gasteiger partial charge in [-0.2, -0.15) is 0 Å². The van der Waals surface area contributed by atoms with Gasteiger partial charge in [-0.1, -0.05) is 6.58 Å².